The maximum absolute atomic E-state index is 12.2. The van der Waals surface area contributed by atoms with E-state index in [4.69, 9.17) is 10.00 Å². The molecule has 0 fully saturated rings. The number of benzene rings is 2. The first kappa shape index (κ1) is 15.5. The van der Waals surface area contributed by atoms with E-state index in [0.717, 1.165) is 0 Å². The van der Waals surface area contributed by atoms with Gasteiger partial charge in [0.1, 0.15) is 5.75 Å². The fourth-order valence-electron chi connectivity index (χ4n) is 1.78. The predicted molar refractivity (Wildman–Crippen MR) is 78.8 cm³/mol. The zero-order valence-electron chi connectivity index (χ0n) is 11.6. The normalized spacial score (nSPS) is 10.5. The molecule has 0 saturated carbocycles. The number of methoxy groups -OCH3 is 1. The number of sulfonamides is 1. The minimum atomic E-state index is -4.02. The Balaban J connectivity index is 2.28. The van der Waals surface area contributed by atoms with Crippen LogP contribution in [0.5, 0.6) is 5.75 Å². The molecule has 6 nitrogen and oxygen atoms in total. The maximum Gasteiger partial charge on any atom is 0.268 e. The van der Waals surface area contributed by atoms with Crippen molar-refractivity contribution in [3.05, 3.63) is 59.7 Å². The van der Waals surface area contributed by atoms with Crippen LogP contribution in [0.15, 0.2) is 53.4 Å². The van der Waals surface area contributed by atoms with Crippen LogP contribution in [-0.4, -0.2) is 21.4 Å². The van der Waals surface area contributed by atoms with E-state index in [2.05, 4.69) is 0 Å². The molecule has 7 heteroatoms. The van der Waals surface area contributed by atoms with Crippen LogP contribution in [0.1, 0.15) is 15.9 Å². The zero-order chi connectivity index (χ0) is 16.2. The Morgan fingerprint density at radius 1 is 1.14 bits per heavy atom. The van der Waals surface area contributed by atoms with E-state index in [0.29, 0.717) is 5.56 Å². The lowest BCUT2D eigenvalue weighted by atomic mass is 10.2. The topological polar surface area (TPSA) is 96.3 Å². The predicted octanol–water partition coefficient (Wildman–Crippen LogP) is 1.69. The van der Waals surface area contributed by atoms with Crippen LogP contribution in [0.4, 0.5) is 0 Å². The van der Waals surface area contributed by atoms with E-state index >= 15 is 0 Å². The molecule has 0 spiro atoms. The second-order valence-corrected chi connectivity index (χ2v) is 5.95. The standard InChI is InChI=1S/C15H12N2O4S/c1-21-14-5-3-2-4-13(14)15(18)17-22(19,20)12-8-6-11(10-16)7-9-12/h2-9H,1H3,(H,17,18). The van der Waals surface area contributed by atoms with Crippen molar-refractivity contribution in [2.75, 3.05) is 7.11 Å². The van der Waals surface area contributed by atoms with Gasteiger partial charge in [-0.3, -0.25) is 4.79 Å². The summed E-state index contributed by atoms with van der Waals surface area (Å²) in [6.07, 6.45) is 0. The first-order chi connectivity index (χ1) is 10.5. The SMILES string of the molecule is COc1ccccc1C(=O)NS(=O)(=O)c1ccc(C#N)cc1. The van der Waals surface area contributed by atoms with E-state index in [1.54, 1.807) is 18.2 Å². The fourth-order valence-corrected chi connectivity index (χ4v) is 2.74. The van der Waals surface area contributed by atoms with Crippen molar-refractivity contribution < 1.29 is 17.9 Å². The smallest absolute Gasteiger partial charge is 0.268 e. The Hall–Kier alpha value is -2.85. The van der Waals surface area contributed by atoms with Gasteiger partial charge in [0.2, 0.25) is 0 Å². The minimum Gasteiger partial charge on any atom is -0.496 e. The number of nitriles is 1. The third kappa shape index (κ3) is 3.24. The number of nitrogens with zero attached hydrogens (tertiary/aromatic N) is 1. The summed E-state index contributed by atoms with van der Waals surface area (Å²) in [5.74, 6) is -0.517. The van der Waals surface area contributed by atoms with Crippen LogP contribution in [0, 0.1) is 11.3 Å². The first-order valence-corrected chi connectivity index (χ1v) is 7.66. The summed E-state index contributed by atoms with van der Waals surface area (Å²) in [4.78, 5) is 12.0. The number of carbonyl (C=O) groups is 1. The van der Waals surface area contributed by atoms with E-state index in [1.807, 2.05) is 10.8 Å². The third-order valence-electron chi connectivity index (χ3n) is 2.87. The second kappa shape index (κ2) is 6.28. The largest absolute Gasteiger partial charge is 0.496 e. The van der Waals surface area contributed by atoms with Gasteiger partial charge in [0.25, 0.3) is 15.9 Å². The van der Waals surface area contributed by atoms with Gasteiger partial charge in [-0.25, -0.2) is 13.1 Å². The highest BCUT2D eigenvalue weighted by Gasteiger charge is 2.20. The molecule has 0 atom stereocenters. The quantitative estimate of drug-likeness (QED) is 0.926. The van der Waals surface area contributed by atoms with E-state index in [-0.39, 0.29) is 16.2 Å². The molecule has 0 heterocycles. The lowest BCUT2D eigenvalue weighted by Crippen LogP contribution is -2.30. The van der Waals surface area contributed by atoms with Gasteiger partial charge in [0.15, 0.2) is 0 Å². The molecule has 0 aliphatic rings. The Morgan fingerprint density at radius 2 is 1.77 bits per heavy atom. The molecule has 0 bridgehead atoms. The molecule has 0 aliphatic carbocycles. The summed E-state index contributed by atoms with van der Waals surface area (Å²) in [5.41, 5.74) is 0.442. The third-order valence-corrected chi connectivity index (χ3v) is 4.22. The summed E-state index contributed by atoms with van der Waals surface area (Å²) >= 11 is 0. The summed E-state index contributed by atoms with van der Waals surface area (Å²) < 4.78 is 31.3. The highest BCUT2D eigenvalue weighted by molar-refractivity contribution is 7.90. The fraction of sp³-hybridized carbons (Fsp3) is 0.0667. The van der Waals surface area contributed by atoms with Gasteiger partial charge >= 0.3 is 0 Å². The molecule has 22 heavy (non-hydrogen) atoms. The Kier molecular flexibility index (Phi) is 4.44. The van der Waals surface area contributed by atoms with Crippen molar-refractivity contribution >= 4 is 15.9 Å². The summed E-state index contributed by atoms with van der Waals surface area (Å²) in [6, 6.07) is 13.4. The van der Waals surface area contributed by atoms with E-state index in [1.165, 1.54) is 37.4 Å². The number of para-hydroxylation sites is 1. The number of nitrogens with one attached hydrogen (secondary N) is 1. The number of carbonyl (C=O) groups excluding carboxylic acids is 1. The zero-order valence-corrected chi connectivity index (χ0v) is 12.4. The van der Waals surface area contributed by atoms with Crippen molar-refractivity contribution in [1.82, 2.24) is 4.72 Å². The Bertz CT molecular complexity index is 837. The lowest BCUT2D eigenvalue weighted by molar-refractivity contribution is 0.0978. The van der Waals surface area contributed by atoms with Gasteiger partial charge in [0.05, 0.1) is 29.2 Å². The number of ether oxygens (including phenoxy) is 1. The van der Waals surface area contributed by atoms with E-state index in [9.17, 15) is 13.2 Å². The van der Waals surface area contributed by atoms with Crippen LogP contribution in [0.3, 0.4) is 0 Å². The van der Waals surface area contributed by atoms with Gasteiger partial charge in [-0.15, -0.1) is 0 Å². The van der Waals surface area contributed by atoms with E-state index < -0.39 is 15.9 Å². The molecular formula is C15H12N2O4S. The van der Waals surface area contributed by atoms with Crippen LogP contribution in [0.2, 0.25) is 0 Å². The molecule has 0 saturated heterocycles. The molecule has 0 aromatic heterocycles. The number of hydrogen-bond acceptors (Lipinski definition) is 5. The molecule has 2 aromatic carbocycles. The number of amides is 1. The summed E-state index contributed by atoms with van der Waals surface area (Å²) in [7, 11) is -2.63. The van der Waals surface area contributed by atoms with Crippen molar-refractivity contribution in [3.63, 3.8) is 0 Å². The van der Waals surface area contributed by atoms with Crippen molar-refractivity contribution in [1.29, 1.82) is 5.26 Å². The molecular weight excluding hydrogens is 304 g/mol. The monoisotopic (exact) mass is 316 g/mol. The highest BCUT2D eigenvalue weighted by Crippen LogP contribution is 2.18. The molecule has 0 unspecified atom stereocenters. The molecule has 112 valence electrons. The van der Waals surface area contributed by atoms with Crippen molar-refractivity contribution in [2.24, 2.45) is 0 Å². The van der Waals surface area contributed by atoms with Crippen molar-refractivity contribution in [3.8, 4) is 11.8 Å². The average Bonchev–Trinajstić information content (AvgIpc) is 2.54. The number of hydrogen-bond donors (Lipinski definition) is 1. The maximum atomic E-state index is 12.2. The van der Waals surface area contributed by atoms with Gasteiger partial charge in [-0.05, 0) is 36.4 Å². The Labute approximate surface area is 128 Å². The van der Waals surface area contributed by atoms with Crippen LogP contribution < -0.4 is 9.46 Å². The van der Waals surface area contributed by atoms with Crippen LogP contribution in [0.25, 0.3) is 0 Å². The molecule has 2 rings (SSSR count). The van der Waals surface area contributed by atoms with Crippen LogP contribution >= 0.6 is 0 Å². The lowest BCUT2D eigenvalue weighted by Gasteiger charge is -2.09. The molecule has 0 aliphatic heterocycles. The average molecular weight is 316 g/mol. The van der Waals surface area contributed by atoms with Gasteiger partial charge in [-0.1, -0.05) is 12.1 Å². The minimum absolute atomic E-state index is 0.102. The number of rotatable bonds is 4. The second-order valence-electron chi connectivity index (χ2n) is 4.27. The summed E-state index contributed by atoms with van der Waals surface area (Å²) in [6.45, 7) is 0. The molecule has 1 amide bonds. The highest BCUT2D eigenvalue weighted by atomic mass is 32.2. The van der Waals surface area contributed by atoms with Gasteiger partial charge < -0.3 is 4.74 Å². The molecule has 0 radical (unpaired) electrons. The Morgan fingerprint density at radius 3 is 2.36 bits per heavy atom. The molecule has 2 aromatic rings. The van der Waals surface area contributed by atoms with Gasteiger partial charge in [0, 0.05) is 0 Å². The van der Waals surface area contributed by atoms with Crippen molar-refractivity contribution in [2.45, 2.75) is 4.90 Å². The molecule has 1 N–H and O–H groups in total. The summed E-state index contributed by atoms with van der Waals surface area (Å²) in [5, 5.41) is 8.70. The van der Waals surface area contributed by atoms with Crippen LogP contribution in [-0.2, 0) is 10.0 Å². The van der Waals surface area contributed by atoms with Gasteiger partial charge in [-0.2, -0.15) is 5.26 Å². The first-order valence-electron chi connectivity index (χ1n) is 6.18.